The molecule has 0 saturated heterocycles. The molecule has 0 aliphatic carbocycles. The van der Waals surface area contributed by atoms with E-state index in [-0.39, 0.29) is 11.7 Å². The van der Waals surface area contributed by atoms with Gasteiger partial charge in [-0.15, -0.1) is 10.2 Å². The summed E-state index contributed by atoms with van der Waals surface area (Å²) in [6, 6.07) is 5.29. The highest BCUT2D eigenvalue weighted by Gasteiger charge is 2.11. The van der Waals surface area contributed by atoms with Crippen LogP contribution in [-0.4, -0.2) is 27.0 Å². The van der Waals surface area contributed by atoms with Crippen LogP contribution in [0.25, 0.3) is 11.5 Å². The molecule has 0 spiro atoms. The fourth-order valence-electron chi connectivity index (χ4n) is 1.63. The highest BCUT2D eigenvalue weighted by atomic mass is 32.2. The Kier molecular flexibility index (Phi) is 4.54. The second-order valence-corrected chi connectivity index (χ2v) is 6.72. The molecule has 22 heavy (non-hydrogen) atoms. The lowest BCUT2D eigenvalue weighted by atomic mass is 10.3. The third kappa shape index (κ3) is 3.74. The molecule has 0 radical (unpaired) electrons. The summed E-state index contributed by atoms with van der Waals surface area (Å²) in [7, 11) is 0. The quantitative estimate of drug-likeness (QED) is 0.691. The zero-order valence-corrected chi connectivity index (χ0v) is 13.2. The smallest absolute Gasteiger partial charge is 0.230 e. The number of hydrogen-bond acceptors (Lipinski definition) is 8. The Balaban J connectivity index is 1.47. The highest BCUT2D eigenvalue weighted by molar-refractivity contribution is 8.01. The number of rotatable bonds is 6. The van der Waals surface area contributed by atoms with E-state index in [1.165, 1.54) is 23.1 Å². The summed E-state index contributed by atoms with van der Waals surface area (Å²) in [5.41, 5.74) is 0.636. The molecule has 0 fully saturated rings. The molecule has 0 unspecified atom stereocenters. The highest BCUT2D eigenvalue weighted by Crippen LogP contribution is 2.22. The lowest BCUT2D eigenvalue weighted by Crippen LogP contribution is -2.24. The summed E-state index contributed by atoms with van der Waals surface area (Å²) in [4.78, 5) is 11.8. The predicted molar refractivity (Wildman–Crippen MR) is 81.4 cm³/mol. The molecule has 1 N–H and O–H groups in total. The van der Waals surface area contributed by atoms with Gasteiger partial charge >= 0.3 is 0 Å². The Bertz CT molecular complexity index is 751. The molecule has 0 aliphatic rings. The van der Waals surface area contributed by atoms with Crippen molar-refractivity contribution in [1.82, 2.24) is 20.7 Å². The van der Waals surface area contributed by atoms with Crippen LogP contribution in [0.5, 0.6) is 0 Å². The SMILES string of the molecule is Cc1nnc(SCC(=O)NCc2cc(-c3ccco3)on2)s1. The number of hydrogen-bond donors (Lipinski definition) is 1. The molecule has 9 heteroatoms. The van der Waals surface area contributed by atoms with E-state index < -0.39 is 0 Å². The molecule has 3 heterocycles. The van der Waals surface area contributed by atoms with E-state index in [0.29, 0.717) is 23.8 Å². The summed E-state index contributed by atoms with van der Waals surface area (Å²) >= 11 is 2.83. The van der Waals surface area contributed by atoms with Crippen molar-refractivity contribution in [3.63, 3.8) is 0 Å². The molecule has 3 aromatic heterocycles. The summed E-state index contributed by atoms with van der Waals surface area (Å²) < 4.78 is 11.2. The molecule has 114 valence electrons. The van der Waals surface area contributed by atoms with Gasteiger partial charge in [-0.05, 0) is 19.1 Å². The number of furan rings is 1. The van der Waals surface area contributed by atoms with Crippen LogP contribution in [0.2, 0.25) is 0 Å². The van der Waals surface area contributed by atoms with Crippen molar-refractivity contribution in [2.24, 2.45) is 0 Å². The molecule has 3 rings (SSSR count). The second kappa shape index (κ2) is 6.75. The Morgan fingerprint density at radius 3 is 3.05 bits per heavy atom. The van der Waals surface area contributed by atoms with E-state index in [4.69, 9.17) is 8.94 Å². The van der Waals surface area contributed by atoms with Crippen molar-refractivity contribution in [3.8, 4) is 11.5 Å². The van der Waals surface area contributed by atoms with E-state index in [2.05, 4.69) is 20.7 Å². The van der Waals surface area contributed by atoms with Gasteiger partial charge in [-0.3, -0.25) is 4.79 Å². The number of aromatic nitrogens is 3. The first kappa shape index (κ1) is 14.8. The van der Waals surface area contributed by atoms with Gasteiger partial charge in [0.2, 0.25) is 11.7 Å². The van der Waals surface area contributed by atoms with Crippen LogP contribution in [0, 0.1) is 6.92 Å². The van der Waals surface area contributed by atoms with Crippen LogP contribution in [0.3, 0.4) is 0 Å². The molecular weight excluding hydrogens is 324 g/mol. The summed E-state index contributed by atoms with van der Waals surface area (Å²) in [5, 5.41) is 15.4. The molecule has 0 saturated carbocycles. The van der Waals surface area contributed by atoms with Gasteiger partial charge in [-0.25, -0.2) is 0 Å². The second-order valence-electron chi connectivity index (χ2n) is 4.31. The molecule has 1 amide bonds. The van der Waals surface area contributed by atoms with Crippen molar-refractivity contribution in [2.75, 3.05) is 5.75 Å². The summed E-state index contributed by atoms with van der Waals surface area (Å²) in [6.07, 6.45) is 1.56. The summed E-state index contributed by atoms with van der Waals surface area (Å²) in [6.45, 7) is 2.18. The average molecular weight is 336 g/mol. The fraction of sp³-hybridized carbons (Fsp3) is 0.231. The minimum absolute atomic E-state index is 0.0969. The third-order valence-corrected chi connectivity index (χ3v) is 4.60. The zero-order chi connectivity index (χ0) is 15.4. The normalized spacial score (nSPS) is 10.8. The first-order valence-corrected chi connectivity index (χ1v) is 8.20. The first-order chi connectivity index (χ1) is 10.7. The van der Waals surface area contributed by atoms with Gasteiger partial charge in [-0.2, -0.15) is 0 Å². The monoisotopic (exact) mass is 336 g/mol. The number of carbonyl (C=O) groups excluding carboxylic acids is 1. The minimum atomic E-state index is -0.0969. The van der Waals surface area contributed by atoms with Gasteiger partial charge < -0.3 is 14.3 Å². The number of carbonyl (C=O) groups is 1. The maximum absolute atomic E-state index is 11.8. The van der Waals surface area contributed by atoms with Crippen molar-refractivity contribution in [2.45, 2.75) is 17.8 Å². The molecule has 0 aromatic carbocycles. The molecule has 7 nitrogen and oxygen atoms in total. The van der Waals surface area contributed by atoms with Crippen LogP contribution < -0.4 is 5.32 Å². The fourth-order valence-corrected chi connectivity index (χ4v) is 3.28. The van der Waals surface area contributed by atoms with Gasteiger partial charge in [0.05, 0.1) is 18.6 Å². The van der Waals surface area contributed by atoms with Gasteiger partial charge in [0.1, 0.15) is 10.7 Å². The van der Waals surface area contributed by atoms with Crippen LogP contribution in [0.15, 0.2) is 37.7 Å². The predicted octanol–water partition coefficient (Wildman–Crippen LogP) is 2.50. The van der Waals surface area contributed by atoms with E-state index in [1.807, 2.05) is 6.92 Å². The number of nitrogens with one attached hydrogen (secondary N) is 1. The van der Waals surface area contributed by atoms with Crippen LogP contribution >= 0.6 is 23.1 Å². The lowest BCUT2D eigenvalue weighted by molar-refractivity contribution is -0.118. The van der Waals surface area contributed by atoms with Crippen molar-refractivity contribution >= 4 is 29.0 Å². The van der Waals surface area contributed by atoms with Gasteiger partial charge in [-0.1, -0.05) is 28.3 Å². The zero-order valence-electron chi connectivity index (χ0n) is 11.6. The van der Waals surface area contributed by atoms with E-state index in [1.54, 1.807) is 24.5 Å². The van der Waals surface area contributed by atoms with E-state index in [9.17, 15) is 4.79 Å². The topological polar surface area (TPSA) is 94.1 Å². The van der Waals surface area contributed by atoms with Gasteiger partial charge in [0, 0.05) is 6.07 Å². The first-order valence-electron chi connectivity index (χ1n) is 6.40. The molecule has 0 aliphatic heterocycles. The Morgan fingerprint density at radius 1 is 1.41 bits per heavy atom. The Morgan fingerprint density at radius 2 is 2.32 bits per heavy atom. The third-order valence-electron chi connectivity index (χ3n) is 2.62. The molecule has 3 aromatic rings. The van der Waals surface area contributed by atoms with Crippen LogP contribution in [0.4, 0.5) is 0 Å². The van der Waals surface area contributed by atoms with E-state index >= 15 is 0 Å². The standard InChI is InChI=1S/C13H12N4O3S2/c1-8-15-16-13(22-8)21-7-12(18)14-6-9-5-11(20-17-9)10-3-2-4-19-10/h2-5H,6-7H2,1H3,(H,14,18). The number of nitrogens with zero attached hydrogens (tertiary/aromatic N) is 3. The van der Waals surface area contributed by atoms with Crippen molar-refractivity contribution < 1.29 is 13.7 Å². The van der Waals surface area contributed by atoms with Gasteiger partial charge in [0.25, 0.3) is 0 Å². The Labute approximate surface area is 134 Å². The molecule has 0 bridgehead atoms. The largest absolute Gasteiger partial charge is 0.461 e. The van der Waals surface area contributed by atoms with Crippen molar-refractivity contribution in [1.29, 1.82) is 0 Å². The number of amides is 1. The van der Waals surface area contributed by atoms with Crippen molar-refractivity contribution in [3.05, 3.63) is 35.2 Å². The van der Waals surface area contributed by atoms with Crippen LogP contribution in [-0.2, 0) is 11.3 Å². The molecule has 0 atom stereocenters. The maximum Gasteiger partial charge on any atom is 0.230 e. The number of thioether (sulfide) groups is 1. The van der Waals surface area contributed by atoms with E-state index in [0.717, 1.165) is 9.35 Å². The molecular formula is C13H12N4O3S2. The lowest BCUT2D eigenvalue weighted by Gasteiger charge is -2.00. The van der Waals surface area contributed by atoms with Gasteiger partial charge in [0.15, 0.2) is 10.1 Å². The van der Waals surface area contributed by atoms with Crippen LogP contribution in [0.1, 0.15) is 10.7 Å². The summed E-state index contributed by atoms with van der Waals surface area (Å²) in [5.74, 6) is 1.33. The average Bonchev–Trinajstić information content (AvgIpc) is 3.23. The number of aryl methyl sites for hydroxylation is 1. The maximum atomic E-state index is 11.8. The Hall–Kier alpha value is -2.13. The minimum Gasteiger partial charge on any atom is -0.461 e.